The number of hydrogen-bond donors (Lipinski definition) is 0. The summed E-state index contributed by atoms with van der Waals surface area (Å²) in [5.74, 6) is -0.263. The van der Waals surface area contributed by atoms with Gasteiger partial charge in [-0.3, -0.25) is 4.90 Å². The maximum atomic E-state index is 11.2. The van der Waals surface area contributed by atoms with Crippen LogP contribution in [-0.2, 0) is 19.0 Å². The van der Waals surface area contributed by atoms with Crippen LogP contribution in [-0.4, -0.2) is 63.5 Å². The van der Waals surface area contributed by atoms with Gasteiger partial charge in [0, 0.05) is 19.6 Å². The van der Waals surface area contributed by atoms with E-state index in [9.17, 15) is 4.79 Å². The molecule has 1 saturated heterocycles. The SMILES string of the molecule is CCCCOC(=O)COCCN1CCOCC1. The largest absolute Gasteiger partial charge is 0.464 e. The van der Waals surface area contributed by atoms with Crippen molar-refractivity contribution in [2.45, 2.75) is 19.8 Å². The second-order valence-corrected chi connectivity index (χ2v) is 4.08. The van der Waals surface area contributed by atoms with Gasteiger partial charge in [0.1, 0.15) is 6.61 Å². The van der Waals surface area contributed by atoms with Gasteiger partial charge in [-0.2, -0.15) is 0 Å². The molecule has 100 valence electrons. The van der Waals surface area contributed by atoms with Crippen molar-refractivity contribution in [3.8, 4) is 0 Å². The van der Waals surface area contributed by atoms with E-state index in [0.29, 0.717) is 13.2 Å². The Balaban J connectivity index is 1.90. The minimum absolute atomic E-state index is 0.0635. The van der Waals surface area contributed by atoms with Crippen LogP contribution in [0, 0.1) is 0 Å². The number of carbonyl (C=O) groups excluding carboxylic acids is 1. The zero-order valence-corrected chi connectivity index (χ0v) is 10.7. The molecule has 0 atom stereocenters. The molecule has 0 saturated carbocycles. The summed E-state index contributed by atoms with van der Waals surface area (Å²) >= 11 is 0. The molecule has 0 radical (unpaired) electrons. The summed E-state index contributed by atoms with van der Waals surface area (Å²) in [5, 5.41) is 0. The molecule has 1 rings (SSSR count). The summed E-state index contributed by atoms with van der Waals surface area (Å²) in [6.07, 6.45) is 1.95. The Morgan fingerprint density at radius 2 is 2.06 bits per heavy atom. The van der Waals surface area contributed by atoms with Crippen LogP contribution >= 0.6 is 0 Å². The van der Waals surface area contributed by atoms with Gasteiger partial charge in [0.25, 0.3) is 0 Å². The van der Waals surface area contributed by atoms with Crippen molar-refractivity contribution in [3.05, 3.63) is 0 Å². The van der Waals surface area contributed by atoms with Crippen LogP contribution in [0.1, 0.15) is 19.8 Å². The van der Waals surface area contributed by atoms with Crippen LogP contribution in [0.5, 0.6) is 0 Å². The van der Waals surface area contributed by atoms with Gasteiger partial charge in [0.15, 0.2) is 0 Å². The zero-order chi connectivity index (χ0) is 12.3. The normalized spacial score (nSPS) is 17.0. The van der Waals surface area contributed by atoms with Crippen molar-refractivity contribution < 1.29 is 19.0 Å². The zero-order valence-electron chi connectivity index (χ0n) is 10.7. The Bertz CT molecular complexity index is 205. The predicted molar refractivity (Wildman–Crippen MR) is 63.9 cm³/mol. The van der Waals surface area contributed by atoms with Gasteiger partial charge >= 0.3 is 5.97 Å². The maximum Gasteiger partial charge on any atom is 0.332 e. The fourth-order valence-electron chi connectivity index (χ4n) is 1.55. The van der Waals surface area contributed by atoms with Gasteiger partial charge in [-0.15, -0.1) is 0 Å². The lowest BCUT2D eigenvalue weighted by atomic mass is 10.4. The molecule has 0 N–H and O–H groups in total. The molecule has 0 aromatic heterocycles. The van der Waals surface area contributed by atoms with Gasteiger partial charge in [-0.25, -0.2) is 4.79 Å². The minimum Gasteiger partial charge on any atom is -0.464 e. The molecule has 1 fully saturated rings. The third kappa shape index (κ3) is 7.31. The van der Waals surface area contributed by atoms with E-state index < -0.39 is 0 Å². The number of hydrogen-bond acceptors (Lipinski definition) is 5. The van der Waals surface area contributed by atoms with Gasteiger partial charge in [-0.1, -0.05) is 13.3 Å². The van der Waals surface area contributed by atoms with Gasteiger partial charge < -0.3 is 14.2 Å². The Hall–Kier alpha value is -0.650. The van der Waals surface area contributed by atoms with E-state index in [1.54, 1.807) is 0 Å². The second-order valence-electron chi connectivity index (χ2n) is 4.08. The smallest absolute Gasteiger partial charge is 0.332 e. The van der Waals surface area contributed by atoms with Gasteiger partial charge in [0.05, 0.1) is 26.4 Å². The number of nitrogens with zero attached hydrogens (tertiary/aromatic N) is 1. The van der Waals surface area contributed by atoms with Crippen molar-refractivity contribution in [3.63, 3.8) is 0 Å². The number of morpholine rings is 1. The highest BCUT2D eigenvalue weighted by Crippen LogP contribution is 1.96. The molecule has 0 amide bonds. The third-order valence-electron chi connectivity index (χ3n) is 2.64. The summed E-state index contributed by atoms with van der Waals surface area (Å²) in [5.41, 5.74) is 0. The van der Waals surface area contributed by atoms with Crippen molar-refractivity contribution in [1.82, 2.24) is 4.90 Å². The summed E-state index contributed by atoms with van der Waals surface area (Å²) in [6.45, 7) is 7.53. The first-order valence-electron chi connectivity index (χ1n) is 6.36. The molecule has 0 aromatic carbocycles. The van der Waals surface area contributed by atoms with E-state index in [-0.39, 0.29) is 12.6 Å². The fourth-order valence-corrected chi connectivity index (χ4v) is 1.55. The van der Waals surface area contributed by atoms with E-state index in [2.05, 4.69) is 11.8 Å². The molecule has 17 heavy (non-hydrogen) atoms. The molecular weight excluding hydrogens is 222 g/mol. The molecule has 0 aliphatic carbocycles. The lowest BCUT2D eigenvalue weighted by molar-refractivity contribution is -0.149. The average molecular weight is 245 g/mol. The fraction of sp³-hybridized carbons (Fsp3) is 0.917. The molecule has 1 heterocycles. The number of rotatable bonds is 8. The Morgan fingerprint density at radius 3 is 2.76 bits per heavy atom. The van der Waals surface area contributed by atoms with Crippen LogP contribution in [0.3, 0.4) is 0 Å². The molecule has 0 bridgehead atoms. The molecule has 0 aromatic rings. The lowest BCUT2D eigenvalue weighted by Gasteiger charge is -2.26. The Morgan fingerprint density at radius 1 is 1.29 bits per heavy atom. The first kappa shape index (κ1) is 14.4. The van der Waals surface area contributed by atoms with E-state index >= 15 is 0 Å². The van der Waals surface area contributed by atoms with Crippen LogP contribution < -0.4 is 0 Å². The maximum absolute atomic E-state index is 11.2. The van der Waals surface area contributed by atoms with E-state index in [0.717, 1.165) is 45.7 Å². The van der Waals surface area contributed by atoms with Crippen molar-refractivity contribution in [1.29, 1.82) is 0 Å². The van der Waals surface area contributed by atoms with Crippen molar-refractivity contribution in [2.75, 3.05) is 52.7 Å². The first-order valence-corrected chi connectivity index (χ1v) is 6.36. The molecule has 1 aliphatic heterocycles. The number of esters is 1. The molecule has 1 aliphatic rings. The summed E-state index contributed by atoms with van der Waals surface area (Å²) in [7, 11) is 0. The van der Waals surface area contributed by atoms with Crippen molar-refractivity contribution in [2.24, 2.45) is 0 Å². The molecule has 5 heteroatoms. The van der Waals surface area contributed by atoms with E-state index in [1.807, 2.05) is 0 Å². The average Bonchev–Trinajstić information content (AvgIpc) is 2.36. The third-order valence-corrected chi connectivity index (χ3v) is 2.64. The monoisotopic (exact) mass is 245 g/mol. The predicted octanol–water partition coefficient (Wildman–Crippen LogP) is 0.679. The van der Waals surface area contributed by atoms with Crippen LogP contribution in [0.15, 0.2) is 0 Å². The standard InChI is InChI=1S/C12H23NO4/c1-2-3-7-17-12(14)11-16-10-6-13-4-8-15-9-5-13/h2-11H2,1H3. The van der Waals surface area contributed by atoms with Crippen LogP contribution in [0.2, 0.25) is 0 Å². The van der Waals surface area contributed by atoms with Gasteiger partial charge in [-0.05, 0) is 6.42 Å². The quantitative estimate of drug-likeness (QED) is 0.465. The molecular formula is C12H23NO4. The van der Waals surface area contributed by atoms with Crippen LogP contribution in [0.4, 0.5) is 0 Å². The molecule has 5 nitrogen and oxygen atoms in total. The van der Waals surface area contributed by atoms with Crippen LogP contribution in [0.25, 0.3) is 0 Å². The van der Waals surface area contributed by atoms with E-state index in [4.69, 9.17) is 14.2 Å². The Labute approximate surface area is 103 Å². The minimum atomic E-state index is -0.263. The van der Waals surface area contributed by atoms with Gasteiger partial charge in [0.2, 0.25) is 0 Å². The van der Waals surface area contributed by atoms with Crippen molar-refractivity contribution >= 4 is 5.97 Å². The highest BCUT2D eigenvalue weighted by Gasteiger charge is 2.10. The lowest BCUT2D eigenvalue weighted by Crippen LogP contribution is -2.38. The topological polar surface area (TPSA) is 48.0 Å². The number of unbranched alkanes of at least 4 members (excludes halogenated alkanes) is 1. The number of ether oxygens (including phenoxy) is 3. The number of carbonyl (C=O) groups is 1. The Kier molecular flexibility index (Phi) is 7.96. The first-order chi connectivity index (χ1) is 8.33. The summed E-state index contributed by atoms with van der Waals surface area (Å²) in [4.78, 5) is 13.5. The summed E-state index contributed by atoms with van der Waals surface area (Å²) in [6, 6.07) is 0. The van der Waals surface area contributed by atoms with E-state index in [1.165, 1.54) is 0 Å². The molecule has 0 spiro atoms. The highest BCUT2D eigenvalue weighted by molar-refractivity contribution is 5.70. The highest BCUT2D eigenvalue weighted by atomic mass is 16.6. The molecule has 0 unspecified atom stereocenters. The summed E-state index contributed by atoms with van der Waals surface area (Å²) < 4.78 is 15.5. The second kappa shape index (κ2) is 9.39.